The number of ether oxygens (including phenoxy) is 3. The summed E-state index contributed by atoms with van der Waals surface area (Å²) in [7, 11) is 4.40. The van der Waals surface area contributed by atoms with Crippen molar-refractivity contribution in [1.29, 1.82) is 0 Å². The molecule has 0 aliphatic heterocycles. The number of rotatable bonds is 9. The first kappa shape index (κ1) is 16.1. The minimum absolute atomic E-state index is 0.0914. The Hall–Kier alpha value is -2.00. The number of methoxy groups -OCH3 is 3. The lowest BCUT2D eigenvalue weighted by Crippen LogP contribution is -2.12. The first-order valence-corrected chi connectivity index (χ1v) is 5.95. The Morgan fingerprint density at radius 2 is 2.00 bits per heavy atom. The quantitative estimate of drug-likeness (QED) is 0.406. The summed E-state index contributed by atoms with van der Waals surface area (Å²) in [5, 5.41) is 14.0. The van der Waals surface area contributed by atoms with Crippen molar-refractivity contribution in [3.63, 3.8) is 0 Å². The number of anilines is 1. The van der Waals surface area contributed by atoms with Crippen molar-refractivity contribution in [3.8, 4) is 5.88 Å². The first-order chi connectivity index (χ1) is 9.63. The summed E-state index contributed by atoms with van der Waals surface area (Å²) in [6, 6.07) is 0. The van der Waals surface area contributed by atoms with Crippen LogP contribution in [0.15, 0.2) is 0 Å². The number of hydrogen-bond acceptors (Lipinski definition) is 8. The fraction of sp³-hybridized carbons (Fsp3) is 0.636. The molecule has 0 amide bonds. The normalized spacial score (nSPS) is 10.3. The van der Waals surface area contributed by atoms with Gasteiger partial charge in [0.05, 0.1) is 12.0 Å². The summed E-state index contributed by atoms with van der Waals surface area (Å²) >= 11 is 0. The Bertz CT molecular complexity index is 455. The van der Waals surface area contributed by atoms with E-state index in [1.807, 2.05) is 0 Å². The Morgan fingerprint density at radius 3 is 2.55 bits per heavy atom. The molecule has 1 aromatic rings. The third-order valence-electron chi connectivity index (χ3n) is 2.37. The summed E-state index contributed by atoms with van der Waals surface area (Å²) in [5.41, 5.74) is -0.287. The van der Waals surface area contributed by atoms with Crippen LogP contribution in [-0.2, 0) is 16.1 Å². The van der Waals surface area contributed by atoms with Gasteiger partial charge in [0, 0.05) is 27.4 Å². The summed E-state index contributed by atoms with van der Waals surface area (Å²) in [4.78, 5) is 18.6. The standard InChI is InChI=1S/C11H18N4O5/c1-18-6-4-5-12-10-9(15(16)17)11(20-3)14-8(13-10)7-19-2/h4-7H2,1-3H3,(H,12,13,14). The number of hydrogen-bond donors (Lipinski definition) is 1. The van der Waals surface area contributed by atoms with Gasteiger partial charge >= 0.3 is 5.69 Å². The first-order valence-electron chi connectivity index (χ1n) is 5.95. The molecule has 0 aromatic carbocycles. The number of nitro groups is 1. The number of nitrogens with zero attached hydrogens (tertiary/aromatic N) is 3. The van der Waals surface area contributed by atoms with Crippen LogP contribution in [0, 0.1) is 10.1 Å². The van der Waals surface area contributed by atoms with Gasteiger partial charge in [-0.25, -0.2) is 4.98 Å². The second-order valence-corrected chi connectivity index (χ2v) is 3.81. The molecule has 112 valence electrons. The van der Waals surface area contributed by atoms with E-state index < -0.39 is 4.92 Å². The molecule has 0 fully saturated rings. The van der Waals surface area contributed by atoms with Gasteiger partial charge in [0.25, 0.3) is 5.88 Å². The third-order valence-corrected chi connectivity index (χ3v) is 2.37. The molecule has 0 saturated heterocycles. The van der Waals surface area contributed by atoms with Gasteiger partial charge in [0.15, 0.2) is 5.82 Å². The minimum Gasteiger partial charge on any atom is -0.476 e. The van der Waals surface area contributed by atoms with Crippen molar-refractivity contribution < 1.29 is 19.1 Å². The topological polar surface area (TPSA) is 109 Å². The van der Waals surface area contributed by atoms with Gasteiger partial charge in [-0.3, -0.25) is 10.1 Å². The lowest BCUT2D eigenvalue weighted by Gasteiger charge is -2.10. The maximum absolute atomic E-state index is 11.1. The van der Waals surface area contributed by atoms with Gasteiger partial charge in [0.1, 0.15) is 6.61 Å². The summed E-state index contributed by atoms with van der Waals surface area (Å²) in [6.45, 7) is 1.18. The Labute approximate surface area is 116 Å². The highest BCUT2D eigenvalue weighted by molar-refractivity contribution is 5.61. The molecule has 0 atom stereocenters. The zero-order chi connectivity index (χ0) is 15.0. The van der Waals surface area contributed by atoms with E-state index in [0.29, 0.717) is 25.4 Å². The maximum atomic E-state index is 11.1. The van der Waals surface area contributed by atoms with Crippen molar-refractivity contribution in [3.05, 3.63) is 15.9 Å². The van der Waals surface area contributed by atoms with Crippen LogP contribution in [0.25, 0.3) is 0 Å². The fourth-order valence-corrected chi connectivity index (χ4v) is 1.53. The monoisotopic (exact) mass is 286 g/mol. The predicted octanol–water partition coefficient (Wildman–Crippen LogP) is 0.988. The molecule has 9 nitrogen and oxygen atoms in total. The zero-order valence-electron chi connectivity index (χ0n) is 11.7. The number of aromatic nitrogens is 2. The van der Waals surface area contributed by atoms with Crippen LogP contribution >= 0.6 is 0 Å². The molecular formula is C11H18N4O5. The summed E-state index contributed by atoms with van der Waals surface area (Å²) < 4.78 is 14.8. The Kier molecular flexibility index (Phi) is 6.60. The van der Waals surface area contributed by atoms with Crippen LogP contribution in [0.4, 0.5) is 11.5 Å². The molecule has 1 aromatic heterocycles. The van der Waals surface area contributed by atoms with Gasteiger partial charge in [-0.05, 0) is 6.42 Å². The van der Waals surface area contributed by atoms with Crippen LogP contribution in [0.2, 0.25) is 0 Å². The van der Waals surface area contributed by atoms with Crippen LogP contribution in [0.5, 0.6) is 5.88 Å². The predicted molar refractivity (Wildman–Crippen MR) is 70.9 cm³/mol. The fourth-order valence-electron chi connectivity index (χ4n) is 1.53. The Balaban J connectivity index is 3.02. The van der Waals surface area contributed by atoms with Crippen molar-refractivity contribution in [2.45, 2.75) is 13.0 Å². The van der Waals surface area contributed by atoms with E-state index in [4.69, 9.17) is 14.2 Å². The molecule has 0 aliphatic carbocycles. The molecule has 20 heavy (non-hydrogen) atoms. The molecular weight excluding hydrogens is 268 g/mol. The average molecular weight is 286 g/mol. The molecule has 0 spiro atoms. The molecule has 0 aliphatic rings. The number of nitrogens with one attached hydrogen (secondary N) is 1. The van der Waals surface area contributed by atoms with Gasteiger partial charge in [0.2, 0.25) is 5.82 Å². The van der Waals surface area contributed by atoms with Gasteiger partial charge in [-0.15, -0.1) is 0 Å². The third kappa shape index (κ3) is 4.28. The van der Waals surface area contributed by atoms with Gasteiger partial charge in [-0.2, -0.15) is 4.98 Å². The Morgan fingerprint density at radius 1 is 1.25 bits per heavy atom. The van der Waals surface area contributed by atoms with Crippen LogP contribution in [0.3, 0.4) is 0 Å². The van der Waals surface area contributed by atoms with Crippen molar-refractivity contribution in [2.75, 3.05) is 39.8 Å². The molecule has 0 saturated carbocycles. The molecule has 1 rings (SSSR count). The lowest BCUT2D eigenvalue weighted by atomic mass is 10.4. The zero-order valence-corrected chi connectivity index (χ0v) is 11.7. The average Bonchev–Trinajstić information content (AvgIpc) is 2.43. The minimum atomic E-state index is -0.575. The molecule has 1 N–H and O–H groups in total. The highest BCUT2D eigenvalue weighted by Gasteiger charge is 2.25. The highest BCUT2D eigenvalue weighted by Crippen LogP contribution is 2.31. The van der Waals surface area contributed by atoms with E-state index in [2.05, 4.69) is 15.3 Å². The van der Waals surface area contributed by atoms with E-state index >= 15 is 0 Å². The van der Waals surface area contributed by atoms with Crippen LogP contribution in [0.1, 0.15) is 12.2 Å². The van der Waals surface area contributed by atoms with Crippen molar-refractivity contribution in [2.24, 2.45) is 0 Å². The van der Waals surface area contributed by atoms with E-state index in [-0.39, 0.29) is 24.0 Å². The highest BCUT2D eigenvalue weighted by atomic mass is 16.6. The lowest BCUT2D eigenvalue weighted by molar-refractivity contribution is -0.385. The van der Waals surface area contributed by atoms with E-state index in [1.165, 1.54) is 14.2 Å². The molecule has 9 heteroatoms. The maximum Gasteiger partial charge on any atom is 0.372 e. The second kappa shape index (κ2) is 8.23. The molecule has 0 radical (unpaired) electrons. The van der Waals surface area contributed by atoms with Crippen LogP contribution < -0.4 is 10.1 Å². The van der Waals surface area contributed by atoms with E-state index in [9.17, 15) is 10.1 Å². The van der Waals surface area contributed by atoms with Crippen molar-refractivity contribution in [1.82, 2.24) is 9.97 Å². The molecule has 1 heterocycles. The smallest absolute Gasteiger partial charge is 0.372 e. The SMILES string of the molecule is COCCCNc1nc(COC)nc(OC)c1[N+](=O)[O-]. The van der Waals surface area contributed by atoms with Gasteiger partial charge in [-0.1, -0.05) is 0 Å². The largest absolute Gasteiger partial charge is 0.476 e. The van der Waals surface area contributed by atoms with E-state index in [0.717, 1.165) is 0 Å². The van der Waals surface area contributed by atoms with Gasteiger partial charge < -0.3 is 19.5 Å². The second-order valence-electron chi connectivity index (χ2n) is 3.81. The summed E-state index contributed by atoms with van der Waals surface area (Å²) in [5.74, 6) is 0.334. The van der Waals surface area contributed by atoms with E-state index in [1.54, 1.807) is 7.11 Å². The molecule has 0 bridgehead atoms. The summed E-state index contributed by atoms with van der Waals surface area (Å²) in [6.07, 6.45) is 0.694. The van der Waals surface area contributed by atoms with Crippen LogP contribution in [-0.4, -0.2) is 49.4 Å². The molecule has 0 unspecified atom stereocenters. The van der Waals surface area contributed by atoms with Crippen molar-refractivity contribution >= 4 is 11.5 Å².